The number of aromatic nitrogens is 3. The van der Waals surface area contributed by atoms with Gasteiger partial charge in [-0.1, -0.05) is 12.8 Å². The molecule has 1 fully saturated rings. The zero-order valence-electron chi connectivity index (χ0n) is 16.5. The van der Waals surface area contributed by atoms with Gasteiger partial charge < -0.3 is 31.8 Å². The second kappa shape index (κ2) is 8.15. The summed E-state index contributed by atoms with van der Waals surface area (Å²) in [5, 5.41) is 6.93. The maximum absolute atomic E-state index is 14.7. The number of fused-ring (bicyclic) bond motifs is 1. The number of methoxy groups -OCH3 is 1. The normalized spacial score (nSPS) is 18.9. The molecule has 1 aliphatic carbocycles. The molecule has 1 amide bonds. The van der Waals surface area contributed by atoms with E-state index < -0.39 is 11.7 Å². The summed E-state index contributed by atoms with van der Waals surface area (Å²) < 4.78 is 19.9. The minimum absolute atomic E-state index is 0.0242. The van der Waals surface area contributed by atoms with E-state index in [2.05, 4.69) is 25.6 Å². The van der Waals surface area contributed by atoms with E-state index in [0.717, 1.165) is 37.1 Å². The molecule has 0 radical (unpaired) electrons. The molecule has 9 nitrogen and oxygen atoms in total. The van der Waals surface area contributed by atoms with Crippen LogP contribution in [0.4, 0.5) is 21.7 Å². The lowest BCUT2D eigenvalue weighted by molar-refractivity contribution is 0.100. The van der Waals surface area contributed by atoms with Crippen LogP contribution in [0.1, 0.15) is 36.0 Å². The fraction of sp³-hybridized carbons (Fsp3) is 0.350. The van der Waals surface area contributed by atoms with Crippen molar-refractivity contribution < 1.29 is 13.9 Å². The van der Waals surface area contributed by atoms with Gasteiger partial charge in [-0.15, -0.1) is 0 Å². The van der Waals surface area contributed by atoms with Gasteiger partial charge in [0, 0.05) is 29.7 Å². The molecule has 3 aromatic rings. The number of anilines is 3. The average Bonchev–Trinajstić information content (AvgIpc) is 3.20. The van der Waals surface area contributed by atoms with Gasteiger partial charge in [-0.3, -0.25) is 4.79 Å². The van der Waals surface area contributed by atoms with Gasteiger partial charge in [-0.25, -0.2) is 9.37 Å². The van der Waals surface area contributed by atoms with Crippen LogP contribution >= 0.6 is 0 Å². The lowest BCUT2D eigenvalue weighted by atomic mass is 9.91. The second-order valence-corrected chi connectivity index (χ2v) is 7.36. The Balaban J connectivity index is 1.73. The van der Waals surface area contributed by atoms with Gasteiger partial charge in [0.25, 0.3) is 5.91 Å². The molecule has 2 atom stereocenters. The molecule has 7 N–H and O–H groups in total. The summed E-state index contributed by atoms with van der Waals surface area (Å²) in [6.45, 7) is 0. The molecular weight excluding hydrogens is 389 g/mol. The van der Waals surface area contributed by atoms with Crippen molar-refractivity contribution >= 4 is 34.3 Å². The Morgan fingerprint density at radius 3 is 2.80 bits per heavy atom. The van der Waals surface area contributed by atoms with Crippen LogP contribution < -0.4 is 26.8 Å². The molecule has 3 aromatic heterocycles. The van der Waals surface area contributed by atoms with E-state index in [-0.39, 0.29) is 29.3 Å². The van der Waals surface area contributed by atoms with Crippen LogP contribution in [0.5, 0.6) is 5.88 Å². The number of carbonyl (C=O) groups is 1. The van der Waals surface area contributed by atoms with E-state index in [0.29, 0.717) is 17.2 Å². The Kier molecular flexibility index (Phi) is 5.40. The number of pyridine rings is 2. The van der Waals surface area contributed by atoms with E-state index in [4.69, 9.17) is 16.2 Å². The molecule has 0 aromatic carbocycles. The molecule has 1 aliphatic rings. The Morgan fingerprint density at radius 2 is 2.07 bits per heavy atom. The van der Waals surface area contributed by atoms with Crippen LogP contribution in [-0.2, 0) is 0 Å². The minimum atomic E-state index is -0.795. The fourth-order valence-corrected chi connectivity index (χ4v) is 3.74. The van der Waals surface area contributed by atoms with Crippen molar-refractivity contribution in [3.05, 3.63) is 35.8 Å². The molecule has 1 saturated carbocycles. The van der Waals surface area contributed by atoms with Crippen LogP contribution in [0.25, 0.3) is 11.0 Å². The first-order valence-electron chi connectivity index (χ1n) is 9.78. The first-order chi connectivity index (χ1) is 14.5. The summed E-state index contributed by atoms with van der Waals surface area (Å²) in [6.07, 6.45) is 5.49. The Hall–Kier alpha value is -3.40. The largest absolute Gasteiger partial charge is 0.481 e. The number of hydrogen-bond donors (Lipinski definition) is 5. The number of H-pyrrole nitrogens is 1. The molecule has 0 spiro atoms. The summed E-state index contributed by atoms with van der Waals surface area (Å²) in [5.74, 6) is -0.938. The highest BCUT2D eigenvalue weighted by Crippen LogP contribution is 2.31. The molecule has 0 saturated heterocycles. The van der Waals surface area contributed by atoms with Crippen molar-refractivity contribution in [2.75, 3.05) is 17.7 Å². The average molecular weight is 413 g/mol. The molecule has 3 heterocycles. The highest BCUT2D eigenvalue weighted by molar-refractivity contribution is 6.00. The Bertz CT molecular complexity index is 1080. The lowest BCUT2D eigenvalue weighted by Gasteiger charge is -2.30. The summed E-state index contributed by atoms with van der Waals surface area (Å²) >= 11 is 0. The van der Waals surface area contributed by atoms with Crippen LogP contribution in [0, 0.1) is 5.82 Å². The third kappa shape index (κ3) is 3.86. The van der Waals surface area contributed by atoms with Gasteiger partial charge in [0.05, 0.1) is 18.4 Å². The molecule has 4 rings (SSSR count). The fourth-order valence-electron chi connectivity index (χ4n) is 3.74. The predicted molar refractivity (Wildman–Crippen MR) is 112 cm³/mol. The van der Waals surface area contributed by atoms with E-state index >= 15 is 0 Å². The van der Waals surface area contributed by atoms with Gasteiger partial charge >= 0.3 is 0 Å². The van der Waals surface area contributed by atoms with Crippen molar-refractivity contribution in [1.29, 1.82) is 0 Å². The number of ether oxygens (including phenoxy) is 1. The molecule has 0 bridgehead atoms. The molecule has 158 valence electrons. The highest BCUT2D eigenvalue weighted by atomic mass is 19.1. The summed E-state index contributed by atoms with van der Waals surface area (Å²) in [6, 6.07) is 4.39. The van der Waals surface area contributed by atoms with Crippen molar-refractivity contribution in [3.63, 3.8) is 0 Å². The summed E-state index contributed by atoms with van der Waals surface area (Å²) in [4.78, 5) is 23.6. The minimum Gasteiger partial charge on any atom is -0.481 e. The molecule has 0 aliphatic heterocycles. The highest BCUT2D eigenvalue weighted by Gasteiger charge is 2.24. The van der Waals surface area contributed by atoms with Gasteiger partial charge in [0.1, 0.15) is 11.5 Å². The number of carbonyl (C=O) groups excluding carboxylic acids is 1. The van der Waals surface area contributed by atoms with E-state index in [1.165, 1.54) is 7.11 Å². The van der Waals surface area contributed by atoms with E-state index in [1.54, 1.807) is 12.3 Å². The number of nitrogens with one attached hydrogen (secondary N) is 3. The molecular formula is C20H24FN7O2. The quantitative estimate of drug-likeness (QED) is 0.418. The SMILES string of the molecule is COc1cc(Nc2nc(N[C@@H]3CCCC[C@@H]3N)c(F)cc2C(N)=O)c2cc[nH]c2n1. The molecule has 30 heavy (non-hydrogen) atoms. The first kappa shape index (κ1) is 19.9. The maximum Gasteiger partial charge on any atom is 0.252 e. The molecule has 10 heteroatoms. The summed E-state index contributed by atoms with van der Waals surface area (Å²) in [5.41, 5.74) is 12.8. The third-order valence-electron chi connectivity index (χ3n) is 5.35. The van der Waals surface area contributed by atoms with Gasteiger partial charge in [-0.2, -0.15) is 4.98 Å². The topological polar surface area (TPSA) is 144 Å². The number of nitrogens with two attached hydrogens (primary N) is 2. The smallest absolute Gasteiger partial charge is 0.252 e. The Morgan fingerprint density at radius 1 is 1.27 bits per heavy atom. The van der Waals surface area contributed by atoms with E-state index in [1.807, 2.05) is 6.07 Å². The zero-order valence-corrected chi connectivity index (χ0v) is 16.5. The summed E-state index contributed by atoms with van der Waals surface area (Å²) in [7, 11) is 1.50. The number of halogens is 1. The predicted octanol–water partition coefficient (Wildman–Crippen LogP) is 2.63. The van der Waals surface area contributed by atoms with E-state index in [9.17, 15) is 9.18 Å². The van der Waals surface area contributed by atoms with Gasteiger partial charge in [0.2, 0.25) is 5.88 Å². The van der Waals surface area contributed by atoms with Crippen LogP contribution in [-0.4, -0.2) is 40.1 Å². The second-order valence-electron chi connectivity index (χ2n) is 7.36. The van der Waals surface area contributed by atoms with Crippen LogP contribution in [0.3, 0.4) is 0 Å². The van der Waals surface area contributed by atoms with Gasteiger partial charge in [-0.05, 0) is 25.0 Å². The number of nitrogens with zero attached hydrogens (tertiary/aromatic N) is 2. The van der Waals surface area contributed by atoms with Crippen LogP contribution in [0.15, 0.2) is 24.4 Å². The Labute approximate surface area is 172 Å². The van der Waals surface area contributed by atoms with Crippen molar-refractivity contribution in [3.8, 4) is 5.88 Å². The standard InChI is InChI=1S/C20H24FN7O2/c1-30-16-9-15(10-6-7-24-18(10)27-16)26-19-11(17(23)29)8-12(21)20(28-19)25-14-5-3-2-4-13(14)22/h6-9,13-14H,2-5,22H2,1H3,(H2,23,29)(H3,24,25,26,27,28)/t13-,14+/m0/s1. The first-order valence-corrected chi connectivity index (χ1v) is 9.78. The maximum atomic E-state index is 14.7. The number of hydrogen-bond acceptors (Lipinski definition) is 7. The number of aromatic amines is 1. The number of rotatable bonds is 6. The van der Waals surface area contributed by atoms with Gasteiger partial charge in [0.15, 0.2) is 11.6 Å². The van der Waals surface area contributed by atoms with Crippen molar-refractivity contribution in [2.45, 2.75) is 37.8 Å². The lowest BCUT2D eigenvalue weighted by Crippen LogP contribution is -2.43. The van der Waals surface area contributed by atoms with Crippen LogP contribution in [0.2, 0.25) is 0 Å². The zero-order chi connectivity index (χ0) is 21.3. The van der Waals surface area contributed by atoms with Crippen molar-refractivity contribution in [2.24, 2.45) is 11.5 Å². The third-order valence-corrected chi connectivity index (χ3v) is 5.35. The number of amides is 1. The monoisotopic (exact) mass is 413 g/mol. The van der Waals surface area contributed by atoms with Crippen molar-refractivity contribution in [1.82, 2.24) is 15.0 Å². The molecule has 0 unspecified atom stereocenters. The number of primary amides is 1.